The van der Waals surface area contributed by atoms with E-state index >= 15 is 0 Å². The number of halogens is 3. The van der Waals surface area contributed by atoms with Crippen molar-refractivity contribution in [2.24, 2.45) is 11.5 Å². The number of amides is 2. The Morgan fingerprint density at radius 1 is 1.00 bits per heavy atom. The number of nitrogens with two attached hydrogens (primary N) is 2. The van der Waals surface area contributed by atoms with Gasteiger partial charge in [-0.15, -0.1) is 0 Å². The Bertz CT molecular complexity index is 536. The molecule has 110 valence electrons. The minimum atomic E-state index is -0.987. The van der Waals surface area contributed by atoms with Crippen molar-refractivity contribution in [1.29, 1.82) is 0 Å². The third kappa shape index (κ3) is 3.72. The minimum Gasteiger partial charge on any atom is -0.394 e. The summed E-state index contributed by atoms with van der Waals surface area (Å²) in [7, 11) is 0. The monoisotopic (exact) mass is 616 g/mol. The van der Waals surface area contributed by atoms with E-state index in [2.05, 4.69) is 0 Å². The highest BCUT2D eigenvalue weighted by Gasteiger charge is 2.26. The molecule has 0 bridgehead atoms. The van der Waals surface area contributed by atoms with Crippen LogP contribution in [-0.4, -0.2) is 34.7 Å². The van der Waals surface area contributed by atoms with Gasteiger partial charge in [0, 0.05) is 17.1 Å². The lowest BCUT2D eigenvalue weighted by molar-refractivity contribution is 0.0946. The Kier molecular flexibility index (Phi) is 6.88. The maximum Gasteiger partial charge on any atom is 0.250 e. The summed E-state index contributed by atoms with van der Waals surface area (Å²) >= 11 is 5.74. The van der Waals surface area contributed by atoms with E-state index in [9.17, 15) is 14.7 Å². The fraction of sp³-hybridized carbons (Fsp3) is 0.273. The van der Waals surface area contributed by atoms with Crippen LogP contribution in [0.1, 0.15) is 26.3 Å². The molecule has 0 aromatic heterocycles. The molecule has 6 N–H and O–H groups in total. The summed E-state index contributed by atoms with van der Waals surface area (Å²) < 4.78 is 1.52. The predicted octanol–water partition coefficient (Wildman–Crippen LogP) is 0.594. The van der Waals surface area contributed by atoms with Crippen LogP contribution in [0.2, 0.25) is 0 Å². The first-order valence-electron chi connectivity index (χ1n) is 5.30. The van der Waals surface area contributed by atoms with E-state index in [-0.39, 0.29) is 17.5 Å². The lowest BCUT2D eigenvalue weighted by Gasteiger charge is -2.18. The largest absolute Gasteiger partial charge is 0.394 e. The number of rotatable bonds is 5. The van der Waals surface area contributed by atoms with Gasteiger partial charge in [-0.05, 0) is 73.3 Å². The van der Waals surface area contributed by atoms with Gasteiger partial charge in [0.25, 0.3) is 11.8 Å². The van der Waals surface area contributed by atoms with Crippen LogP contribution < -0.4 is 11.5 Å². The van der Waals surface area contributed by atoms with Gasteiger partial charge in [-0.25, -0.2) is 0 Å². The van der Waals surface area contributed by atoms with Gasteiger partial charge in [-0.3, -0.25) is 9.59 Å². The molecule has 9 heteroatoms. The molecule has 0 heterocycles. The van der Waals surface area contributed by atoms with E-state index in [1.165, 1.54) is 0 Å². The second-order valence-electron chi connectivity index (χ2n) is 3.94. The molecule has 1 atom stereocenters. The Morgan fingerprint density at radius 3 is 1.70 bits per heavy atom. The molecule has 0 aliphatic carbocycles. The van der Waals surface area contributed by atoms with Crippen molar-refractivity contribution in [1.82, 2.24) is 0 Å². The number of carbonyl (C=O) groups is 2. The average molecular weight is 616 g/mol. The van der Waals surface area contributed by atoms with Crippen molar-refractivity contribution >= 4 is 79.6 Å². The number of primary amides is 2. The third-order valence-corrected chi connectivity index (χ3v) is 6.01. The van der Waals surface area contributed by atoms with Crippen LogP contribution in [0.25, 0.3) is 0 Å². The standard InChI is InChI=1S/C11H11I3N2O4/c12-7-4(1-3(18)2-17)8(13)6(11(16)20)9(14)5(7)10(15)19/h3,17-18H,1-2H2,(H2,15,19)(H2,16,20). The van der Waals surface area contributed by atoms with Crippen molar-refractivity contribution < 1.29 is 19.8 Å². The number of hydrogen-bond acceptors (Lipinski definition) is 4. The highest BCUT2D eigenvalue weighted by molar-refractivity contribution is 14.1. The van der Waals surface area contributed by atoms with Gasteiger partial charge < -0.3 is 21.7 Å². The van der Waals surface area contributed by atoms with E-state index in [0.717, 1.165) is 0 Å². The number of aliphatic hydroxyl groups is 2. The van der Waals surface area contributed by atoms with Crippen LogP contribution in [0.15, 0.2) is 0 Å². The van der Waals surface area contributed by atoms with Gasteiger partial charge in [0.05, 0.1) is 23.8 Å². The minimum absolute atomic E-state index is 0.102. The summed E-state index contributed by atoms with van der Waals surface area (Å²) in [6.45, 7) is -0.421. The van der Waals surface area contributed by atoms with Gasteiger partial charge in [-0.2, -0.15) is 0 Å². The first-order valence-corrected chi connectivity index (χ1v) is 8.53. The molecule has 6 nitrogen and oxygen atoms in total. The topological polar surface area (TPSA) is 127 Å². The van der Waals surface area contributed by atoms with Crippen molar-refractivity contribution in [2.75, 3.05) is 6.61 Å². The van der Waals surface area contributed by atoms with Crippen molar-refractivity contribution in [3.63, 3.8) is 0 Å². The van der Waals surface area contributed by atoms with Crippen LogP contribution in [0.3, 0.4) is 0 Å². The lowest BCUT2D eigenvalue weighted by atomic mass is 10.0. The SMILES string of the molecule is NC(=O)c1c(I)c(CC(O)CO)c(I)c(C(N)=O)c1I. The van der Waals surface area contributed by atoms with Crippen LogP contribution in [-0.2, 0) is 6.42 Å². The molecule has 1 rings (SSSR count). The molecular formula is C11H11I3N2O4. The smallest absolute Gasteiger partial charge is 0.250 e. The molecule has 1 aromatic carbocycles. The highest BCUT2D eigenvalue weighted by Crippen LogP contribution is 2.32. The molecule has 0 spiro atoms. The normalized spacial score (nSPS) is 12.2. The summed E-state index contributed by atoms with van der Waals surface area (Å²) in [4.78, 5) is 23.2. The summed E-state index contributed by atoms with van der Waals surface area (Å²) in [5.41, 5.74) is 11.7. The molecule has 1 aromatic rings. The molecule has 0 aliphatic heterocycles. The van der Waals surface area contributed by atoms with E-state index in [1.807, 2.05) is 67.8 Å². The van der Waals surface area contributed by atoms with Crippen molar-refractivity contribution in [3.05, 3.63) is 27.4 Å². The Hall–Kier alpha value is 0.270. The third-order valence-electron chi connectivity index (χ3n) is 2.55. The average Bonchev–Trinajstić information content (AvgIpc) is 2.33. The van der Waals surface area contributed by atoms with Crippen LogP contribution in [0, 0.1) is 10.7 Å². The Morgan fingerprint density at radius 2 is 1.40 bits per heavy atom. The first-order chi connectivity index (χ1) is 9.22. The first kappa shape index (κ1) is 18.3. The number of hydrogen-bond donors (Lipinski definition) is 4. The van der Waals surface area contributed by atoms with E-state index in [0.29, 0.717) is 16.3 Å². The van der Waals surface area contributed by atoms with Crippen molar-refractivity contribution in [2.45, 2.75) is 12.5 Å². The van der Waals surface area contributed by atoms with Gasteiger partial charge in [-0.1, -0.05) is 0 Å². The Labute approximate surface area is 156 Å². The van der Waals surface area contributed by atoms with E-state index in [1.54, 1.807) is 0 Å². The molecule has 0 aliphatic rings. The van der Waals surface area contributed by atoms with Gasteiger partial charge >= 0.3 is 0 Å². The highest BCUT2D eigenvalue weighted by atomic mass is 127. The van der Waals surface area contributed by atoms with E-state index < -0.39 is 24.5 Å². The number of carbonyl (C=O) groups excluding carboxylic acids is 2. The molecule has 0 fully saturated rings. The zero-order chi connectivity index (χ0) is 15.6. The molecular weight excluding hydrogens is 605 g/mol. The molecule has 1 unspecified atom stereocenters. The summed E-state index contributed by atoms with van der Waals surface area (Å²) in [6.07, 6.45) is -0.886. The maximum absolute atomic E-state index is 11.6. The molecule has 20 heavy (non-hydrogen) atoms. The molecule has 0 radical (unpaired) electrons. The predicted molar refractivity (Wildman–Crippen MR) is 98.4 cm³/mol. The van der Waals surface area contributed by atoms with Crippen LogP contribution in [0.4, 0.5) is 0 Å². The summed E-state index contributed by atoms with van der Waals surface area (Å²) in [6, 6.07) is 0. The van der Waals surface area contributed by atoms with Gasteiger partial charge in [0.1, 0.15) is 0 Å². The fourth-order valence-corrected chi connectivity index (χ4v) is 6.30. The van der Waals surface area contributed by atoms with Crippen molar-refractivity contribution in [3.8, 4) is 0 Å². The lowest BCUT2D eigenvalue weighted by Crippen LogP contribution is -2.25. The second-order valence-corrected chi connectivity index (χ2v) is 7.18. The second kappa shape index (κ2) is 7.51. The summed E-state index contributed by atoms with van der Waals surface area (Å²) in [5, 5.41) is 18.5. The number of aliphatic hydroxyl groups excluding tert-OH is 2. The Balaban J connectivity index is 3.66. The van der Waals surface area contributed by atoms with Crippen LogP contribution >= 0.6 is 67.8 Å². The molecule has 2 amide bonds. The molecule has 0 saturated carbocycles. The zero-order valence-electron chi connectivity index (χ0n) is 9.99. The fourth-order valence-electron chi connectivity index (χ4n) is 1.63. The van der Waals surface area contributed by atoms with Gasteiger partial charge in [0.15, 0.2) is 0 Å². The zero-order valence-corrected chi connectivity index (χ0v) is 16.5. The summed E-state index contributed by atoms with van der Waals surface area (Å²) in [5.74, 6) is -1.34. The van der Waals surface area contributed by atoms with E-state index in [4.69, 9.17) is 16.6 Å². The van der Waals surface area contributed by atoms with Gasteiger partial charge in [0.2, 0.25) is 0 Å². The maximum atomic E-state index is 11.6. The molecule has 0 saturated heterocycles. The van der Waals surface area contributed by atoms with Crippen LogP contribution in [0.5, 0.6) is 0 Å². The quantitative estimate of drug-likeness (QED) is 0.362. The number of benzene rings is 1.